The molecule has 1 aliphatic carbocycles. The summed E-state index contributed by atoms with van der Waals surface area (Å²) in [6, 6.07) is 0. The van der Waals surface area contributed by atoms with Gasteiger partial charge in [0, 0.05) is 17.3 Å². The molecule has 3 nitrogen and oxygen atoms in total. The maximum atomic E-state index is 5.75. The lowest BCUT2D eigenvalue weighted by molar-refractivity contribution is 0.334. The third-order valence-electron chi connectivity index (χ3n) is 4.56. The van der Waals surface area contributed by atoms with Gasteiger partial charge in [-0.05, 0) is 50.1 Å². The van der Waals surface area contributed by atoms with Crippen molar-refractivity contribution in [1.29, 1.82) is 0 Å². The molecule has 1 aromatic heterocycles. The van der Waals surface area contributed by atoms with Crippen molar-refractivity contribution in [2.75, 3.05) is 6.54 Å². The summed E-state index contributed by atoms with van der Waals surface area (Å²) in [6.07, 6.45) is 8.08. The molecule has 0 aliphatic heterocycles. The van der Waals surface area contributed by atoms with Gasteiger partial charge in [-0.2, -0.15) is 0 Å². The lowest BCUT2D eigenvalue weighted by Gasteiger charge is -2.26. The van der Waals surface area contributed by atoms with Gasteiger partial charge in [0.05, 0.1) is 0 Å². The van der Waals surface area contributed by atoms with Crippen LogP contribution in [0.3, 0.4) is 0 Å². The van der Waals surface area contributed by atoms with Gasteiger partial charge in [0.2, 0.25) is 0 Å². The number of nitrogens with zero attached hydrogens (tertiary/aromatic N) is 2. The summed E-state index contributed by atoms with van der Waals surface area (Å²) in [5.41, 5.74) is 9.53. The molecule has 1 fully saturated rings. The zero-order valence-electron chi connectivity index (χ0n) is 13.3. The molecule has 2 N–H and O–H groups in total. The van der Waals surface area contributed by atoms with Crippen LogP contribution in [0.2, 0.25) is 0 Å². The fourth-order valence-electron chi connectivity index (χ4n) is 3.47. The molecule has 1 saturated carbocycles. The molecule has 0 spiro atoms. The van der Waals surface area contributed by atoms with E-state index < -0.39 is 0 Å². The van der Waals surface area contributed by atoms with Gasteiger partial charge >= 0.3 is 0 Å². The topological polar surface area (TPSA) is 51.8 Å². The van der Waals surface area contributed by atoms with Crippen LogP contribution in [0.25, 0.3) is 0 Å². The normalized spacial score (nSPS) is 23.0. The molecule has 20 heavy (non-hydrogen) atoms. The second-order valence-corrected chi connectivity index (χ2v) is 6.17. The Balaban J connectivity index is 2.34. The van der Waals surface area contributed by atoms with Crippen molar-refractivity contribution >= 4 is 0 Å². The summed E-state index contributed by atoms with van der Waals surface area (Å²) < 4.78 is 0. The maximum Gasteiger partial charge on any atom is 0.131 e. The Kier molecular flexibility index (Phi) is 5.53. The Morgan fingerprint density at radius 1 is 1.10 bits per heavy atom. The van der Waals surface area contributed by atoms with Crippen LogP contribution >= 0.6 is 0 Å². The fourth-order valence-corrected chi connectivity index (χ4v) is 3.47. The average Bonchev–Trinajstić information content (AvgIpc) is 2.47. The van der Waals surface area contributed by atoms with E-state index in [0.29, 0.717) is 12.5 Å². The zero-order valence-corrected chi connectivity index (χ0v) is 13.3. The van der Waals surface area contributed by atoms with E-state index in [-0.39, 0.29) is 0 Å². The first-order valence-electron chi connectivity index (χ1n) is 8.28. The summed E-state index contributed by atoms with van der Waals surface area (Å²) >= 11 is 0. The van der Waals surface area contributed by atoms with Crippen LogP contribution in [0.5, 0.6) is 0 Å². The highest BCUT2D eigenvalue weighted by atomic mass is 14.9. The quantitative estimate of drug-likeness (QED) is 0.896. The van der Waals surface area contributed by atoms with E-state index in [1.165, 1.54) is 42.6 Å². The van der Waals surface area contributed by atoms with Gasteiger partial charge in [-0.25, -0.2) is 9.97 Å². The van der Waals surface area contributed by atoms with Gasteiger partial charge in [-0.3, -0.25) is 0 Å². The molecule has 0 bridgehead atoms. The Morgan fingerprint density at radius 2 is 1.75 bits per heavy atom. The van der Waals surface area contributed by atoms with E-state index in [1.54, 1.807) is 0 Å². The van der Waals surface area contributed by atoms with Crippen molar-refractivity contribution in [3.05, 3.63) is 22.8 Å². The fraction of sp³-hybridized carbons (Fsp3) is 0.765. The van der Waals surface area contributed by atoms with Crippen molar-refractivity contribution < 1.29 is 0 Å². The first-order chi connectivity index (χ1) is 9.69. The van der Waals surface area contributed by atoms with Crippen LogP contribution in [0.1, 0.15) is 75.1 Å². The molecule has 0 radical (unpaired) electrons. The molecule has 0 aromatic carbocycles. The van der Waals surface area contributed by atoms with E-state index in [2.05, 4.69) is 20.8 Å². The highest BCUT2D eigenvalue weighted by molar-refractivity contribution is 5.28. The minimum Gasteiger partial charge on any atom is -0.330 e. The Bertz CT molecular complexity index is 417. The number of aromatic nitrogens is 2. The molecule has 0 saturated heterocycles. The maximum absolute atomic E-state index is 5.75. The molecule has 0 amide bonds. The summed E-state index contributed by atoms with van der Waals surface area (Å²) in [7, 11) is 0. The third kappa shape index (κ3) is 3.38. The second-order valence-electron chi connectivity index (χ2n) is 6.17. The van der Waals surface area contributed by atoms with Crippen LogP contribution in [-0.2, 0) is 19.3 Å². The summed E-state index contributed by atoms with van der Waals surface area (Å²) in [6.45, 7) is 7.42. The van der Waals surface area contributed by atoms with Gasteiger partial charge in [-0.1, -0.05) is 33.6 Å². The van der Waals surface area contributed by atoms with E-state index >= 15 is 0 Å². The number of aryl methyl sites for hydroxylation is 2. The van der Waals surface area contributed by atoms with Gasteiger partial charge < -0.3 is 5.73 Å². The summed E-state index contributed by atoms with van der Waals surface area (Å²) in [5, 5.41) is 0. The largest absolute Gasteiger partial charge is 0.330 e. The van der Waals surface area contributed by atoms with Crippen LogP contribution < -0.4 is 5.73 Å². The minimum absolute atomic E-state index is 0.571. The monoisotopic (exact) mass is 275 g/mol. The predicted molar refractivity (Wildman–Crippen MR) is 83.9 cm³/mol. The zero-order chi connectivity index (χ0) is 14.5. The lowest BCUT2D eigenvalue weighted by atomic mass is 9.82. The molecule has 2 unspecified atom stereocenters. The Hall–Kier alpha value is -0.960. The molecule has 1 aromatic rings. The van der Waals surface area contributed by atoms with E-state index in [0.717, 1.165) is 31.0 Å². The van der Waals surface area contributed by atoms with E-state index in [1.807, 2.05) is 0 Å². The van der Waals surface area contributed by atoms with Crippen molar-refractivity contribution in [1.82, 2.24) is 9.97 Å². The van der Waals surface area contributed by atoms with Crippen LogP contribution in [0.15, 0.2) is 0 Å². The van der Waals surface area contributed by atoms with Gasteiger partial charge in [0.1, 0.15) is 5.82 Å². The number of hydrogen-bond acceptors (Lipinski definition) is 3. The molecule has 3 heteroatoms. The predicted octanol–water partition coefficient (Wildman–Crippen LogP) is 3.40. The molecule has 1 aliphatic rings. The first-order valence-corrected chi connectivity index (χ1v) is 8.28. The first kappa shape index (κ1) is 15.4. The van der Waals surface area contributed by atoms with Crippen LogP contribution in [0.4, 0.5) is 0 Å². The number of hydrogen-bond donors (Lipinski definition) is 1. The molecule has 2 rings (SSSR count). The smallest absolute Gasteiger partial charge is 0.131 e. The number of rotatable bonds is 5. The third-order valence-corrected chi connectivity index (χ3v) is 4.56. The Labute approximate surface area is 123 Å². The van der Waals surface area contributed by atoms with Crippen molar-refractivity contribution in [2.45, 2.75) is 71.6 Å². The number of nitrogens with two attached hydrogens (primary N) is 1. The molecular weight excluding hydrogens is 246 g/mol. The summed E-state index contributed by atoms with van der Waals surface area (Å²) in [5.74, 6) is 2.49. The summed E-state index contributed by atoms with van der Waals surface area (Å²) in [4.78, 5) is 9.82. The lowest BCUT2D eigenvalue weighted by Crippen LogP contribution is -2.18. The van der Waals surface area contributed by atoms with E-state index in [4.69, 9.17) is 15.7 Å². The average molecular weight is 275 g/mol. The van der Waals surface area contributed by atoms with Crippen molar-refractivity contribution in [2.24, 2.45) is 11.7 Å². The van der Waals surface area contributed by atoms with E-state index in [9.17, 15) is 0 Å². The highest BCUT2D eigenvalue weighted by Crippen LogP contribution is 2.35. The molecule has 1 heterocycles. The second kappa shape index (κ2) is 7.16. The van der Waals surface area contributed by atoms with Crippen molar-refractivity contribution in [3.8, 4) is 0 Å². The van der Waals surface area contributed by atoms with Crippen LogP contribution in [-0.4, -0.2) is 16.5 Å². The van der Waals surface area contributed by atoms with Crippen molar-refractivity contribution in [3.63, 3.8) is 0 Å². The molecule has 2 atom stereocenters. The Morgan fingerprint density at radius 3 is 2.25 bits per heavy atom. The standard InChI is InChI=1S/C17H29N3/c1-4-15-14(9-10-18)16(5-2)20-17(19-15)13-8-6-7-12(3)11-13/h12-13H,4-11,18H2,1-3H3. The molecule has 112 valence electrons. The SMILES string of the molecule is CCc1nc(C2CCCC(C)C2)nc(CC)c1CCN. The minimum atomic E-state index is 0.571. The van der Waals surface area contributed by atoms with Gasteiger partial charge in [0.15, 0.2) is 0 Å². The van der Waals surface area contributed by atoms with Crippen LogP contribution in [0, 0.1) is 5.92 Å². The van der Waals surface area contributed by atoms with Gasteiger partial charge in [0.25, 0.3) is 0 Å². The highest BCUT2D eigenvalue weighted by Gasteiger charge is 2.24. The van der Waals surface area contributed by atoms with Gasteiger partial charge in [-0.15, -0.1) is 0 Å². The molecular formula is C17H29N3.